The summed E-state index contributed by atoms with van der Waals surface area (Å²) < 4.78 is 1.21. The first-order valence-corrected chi connectivity index (χ1v) is 8.68. The van der Waals surface area contributed by atoms with Gasteiger partial charge in [0.2, 0.25) is 0 Å². The first kappa shape index (κ1) is 15.8. The molecule has 20 heavy (non-hydrogen) atoms. The van der Waals surface area contributed by atoms with Crippen LogP contribution < -0.4 is 10.2 Å². The summed E-state index contributed by atoms with van der Waals surface area (Å²) in [6.07, 6.45) is 6.85. The van der Waals surface area contributed by atoms with Gasteiger partial charge in [0.05, 0.1) is 0 Å². The van der Waals surface area contributed by atoms with Crippen molar-refractivity contribution in [2.24, 2.45) is 0 Å². The Morgan fingerprint density at radius 1 is 1.30 bits per heavy atom. The molecule has 1 N–H and O–H groups in total. The summed E-state index contributed by atoms with van der Waals surface area (Å²) in [6, 6.07) is 7.91. The van der Waals surface area contributed by atoms with E-state index in [2.05, 4.69) is 65.2 Å². The second kappa shape index (κ2) is 7.46. The van der Waals surface area contributed by atoms with Crippen LogP contribution in [0.1, 0.15) is 57.6 Å². The summed E-state index contributed by atoms with van der Waals surface area (Å²) in [4.78, 5) is 2.46. The highest BCUT2D eigenvalue weighted by Gasteiger charge is 2.19. The molecule has 3 heteroatoms. The zero-order chi connectivity index (χ0) is 14.5. The Morgan fingerprint density at radius 2 is 2.00 bits per heavy atom. The minimum absolute atomic E-state index is 0.392. The molecule has 0 heterocycles. The number of nitrogens with zero attached hydrogens (tertiary/aromatic N) is 1. The third kappa shape index (κ3) is 3.76. The molecular weight excluding hydrogens is 312 g/mol. The maximum Gasteiger partial charge on any atom is 0.0377 e. The minimum Gasteiger partial charge on any atom is -0.372 e. The molecule has 0 spiro atoms. The summed E-state index contributed by atoms with van der Waals surface area (Å²) in [5.74, 6) is 0. The first-order chi connectivity index (χ1) is 9.63. The molecule has 1 atom stereocenters. The van der Waals surface area contributed by atoms with E-state index in [0.29, 0.717) is 12.1 Å². The standard InChI is InChI=1S/C17H27BrN2/c1-4-19-13(2)16-11-10-15(12-17(16)18)20(3)14-8-6-5-7-9-14/h10-14,19H,4-9H2,1-3H3. The highest BCUT2D eigenvalue weighted by Crippen LogP contribution is 2.31. The van der Waals surface area contributed by atoms with E-state index in [4.69, 9.17) is 0 Å². The second-order valence-corrected chi connectivity index (χ2v) is 6.74. The third-order valence-electron chi connectivity index (χ3n) is 4.49. The van der Waals surface area contributed by atoms with Gasteiger partial charge >= 0.3 is 0 Å². The molecule has 112 valence electrons. The van der Waals surface area contributed by atoms with Crippen LogP contribution in [0.2, 0.25) is 0 Å². The number of hydrogen-bond donors (Lipinski definition) is 1. The lowest BCUT2D eigenvalue weighted by molar-refractivity contribution is 0.427. The van der Waals surface area contributed by atoms with Crippen molar-refractivity contribution >= 4 is 21.6 Å². The molecule has 0 radical (unpaired) electrons. The molecule has 0 aromatic heterocycles. The molecule has 1 aliphatic rings. The highest BCUT2D eigenvalue weighted by molar-refractivity contribution is 9.10. The number of halogens is 1. The van der Waals surface area contributed by atoms with Gasteiger partial charge in [-0.15, -0.1) is 0 Å². The summed E-state index contributed by atoms with van der Waals surface area (Å²) in [5, 5.41) is 3.47. The molecule has 1 aromatic carbocycles. The smallest absolute Gasteiger partial charge is 0.0377 e. The Hall–Kier alpha value is -0.540. The van der Waals surface area contributed by atoms with Crippen molar-refractivity contribution in [2.75, 3.05) is 18.5 Å². The molecule has 1 unspecified atom stereocenters. The number of hydrogen-bond acceptors (Lipinski definition) is 2. The molecule has 0 amide bonds. The Bertz CT molecular complexity index is 427. The Balaban J connectivity index is 2.11. The average molecular weight is 339 g/mol. The van der Waals surface area contributed by atoms with Crippen molar-refractivity contribution in [1.29, 1.82) is 0 Å². The largest absolute Gasteiger partial charge is 0.372 e. The van der Waals surface area contributed by atoms with E-state index in [-0.39, 0.29) is 0 Å². The van der Waals surface area contributed by atoms with Gasteiger partial charge in [-0.1, -0.05) is 48.2 Å². The van der Waals surface area contributed by atoms with Crippen molar-refractivity contribution in [2.45, 2.75) is 58.0 Å². The van der Waals surface area contributed by atoms with Gasteiger partial charge < -0.3 is 10.2 Å². The van der Waals surface area contributed by atoms with Crippen LogP contribution in [0, 0.1) is 0 Å². The zero-order valence-corrected chi connectivity index (χ0v) is 14.5. The molecule has 1 aromatic rings. The van der Waals surface area contributed by atoms with Gasteiger partial charge in [-0.25, -0.2) is 0 Å². The molecule has 1 aliphatic carbocycles. The topological polar surface area (TPSA) is 15.3 Å². The molecular formula is C17H27BrN2. The van der Waals surface area contributed by atoms with E-state index >= 15 is 0 Å². The molecule has 0 saturated heterocycles. The summed E-state index contributed by atoms with van der Waals surface area (Å²) in [5.41, 5.74) is 2.67. The SMILES string of the molecule is CCNC(C)c1ccc(N(C)C2CCCCC2)cc1Br. The van der Waals surface area contributed by atoms with E-state index in [1.807, 2.05) is 0 Å². The fraction of sp³-hybridized carbons (Fsp3) is 0.647. The van der Waals surface area contributed by atoms with E-state index in [9.17, 15) is 0 Å². The minimum atomic E-state index is 0.392. The van der Waals surface area contributed by atoms with Crippen LogP contribution in [0.25, 0.3) is 0 Å². The maximum absolute atomic E-state index is 3.74. The third-order valence-corrected chi connectivity index (χ3v) is 5.18. The van der Waals surface area contributed by atoms with Crippen LogP contribution in [0.15, 0.2) is 22.7 Å². The molecule has 1 fully saturated rings. The van der Waals surface area contributed by atoms with E-state index in [0.717, 1.165) is 6.54 Å². The van der Waals surface area contributed by atoms with Gasteiger partial charge in [-0.3, -0.25) is 0 Å². The zero-order valence-electron chi connectivity index (χ0n) is 13.0. The van der Waals surface area contributed by atoms with Crippen molar-refractivity contribution < 1.29 is 0 Å². The van der Waals surface area contributed by atoms with Crippen molar-refractivity contribution in [3.63, 3.8) is 0 Å². The van der Waals surface area contributed by atoms with Crippen molar-refractivity contribution in [3.8, 4) is 0 Å². The molecule has 2 nitrogen and oxygen atoms in total. The quantitative estimate of drug-likeness (QED) is 0.822. The predicted octanol–water partition coefficient (Wildman–Crippen LogP) is 4.89. The lowest BCUT2D eigenvalue weighted by atomic mass is 9.94. The Morgan fingerprint density at radius 3 is 2.60 bits per heavy atom. The van der Waals surface area contributed by atoms with Gasteiger partial charge in [0.15, 0.2) is 0 Å². The van der Waals surface area contributed by atoms with E-state index < -0.39 is 0 Å². The van der Waals surface area contributed by atoms with Gasteiger partial charge in [0.25, 0.3) is 0 Å². The summed E-state index contributed by atoms with van der Waals surface area (Å²) >= 11 is 3.74. The Labute approximate surface area is 132 Å². The lowest BCUT2D eigenvalue weighted by Gasteiger charge is -2.33. The van der Waals surface area contributed by atoms with Crippen LogP contribution in [0.4, 0.5) is 5.69 Å². The second-order valence-electron chi connectivity index (χ2n) is 5.89. The fourth-order valence-corrected chi connectivity index (χ4v) is 3.89. The highest BCUT2D eigenvalue weighted by atomic mass is 79.9. The van der Waals surface area contributed by atoms with Crippen LogP contribution in [0.3, 0.4) is 0 Å². The lowest BCUT2D eigenvalue weighted by Crippen LogP contribution is -2.33. The predicted molar refractivity (Wildman–Crippen MR) is 91.5 cm³/mol. The summed E-state index contributed by atoms with van der Waals surface area (Å²) in [6.45, 7) is 5.36. The first-order valence-electron chi connectivity index (χ1n) is 7.89. The molecule has 1 saturated carbocycles. The monoisotopic (exact) mass is 338 g/mol. The number of benzene rings is 1. The van der Waals surface area contributed by atoms with Crippen LogP contribution >= 0.6 is 15.9 Å². The number of nitrogens with one attached hydrogen (secondary N) is 1. The van der Waals surface area contributed by atoms with Gasteiger partial charge in [-0.05, 0) is 44.0 Å². The van der Waals surface area contributed by atoms with Crippen molar-refractivity contribution in [3.05, 3.63) is 28.2 Å². The fourth-order valence-electron chi connectivity index (χ4n) is 3.18. The molecule has 2 rings (SSSR count). The maximum atomic E-state index is 3.74. The van der Waals surface area contributed by atoms with Gasteiger partial charge in [0, 0.05) is 29.3 Å². The average Bonchev–Trinajstić information content (AvgIpc) is 2.47. The van der Waals surface area contributed by atoms with Crippen LogP contribution in [0.5, 0.6) is 0 Å². The van der Waals surface area contributed by atoms with Crippen molar-refractivity contribution in [1.82, 2.24) is 5.32 Å². The van der Waals surface area contributed by atoms with Crippen LogP contribution in [-0.4, -0.2) is 19.6 Å². The number of rotatable bonds is 5. The Kier molecular flexibility index (Phi) is 5.91. The molecule has 0 bridgehead atoms. The van der Waals surface area contributed by atoms with E-state index in [1.54, 1.807) is 0 Å². The number of anilines is 1. The van der Waals surface area contributed by atoms with Gasteiger partial charge in [-0.2, -0.15) is 0 Å². The van der Waals surface area contributed by atoms with Gasteiger partial charge in [0.1, 0.15) is 0 Å². The van der Waals surface area contributed by atoms with Crippen LogP contribution in [-0.2, 0) is 0 Å². The molecule has 0 aliphatic heterocycles. The summed E-state index contributed by atoms with van der Waals surface area (Å²) in [7, 11) is 2.24. The normalized spacial score (nSPS) is 18.0. The van der Waals surface area contributed by atoms with E-state index in [1.165, 1.54) is 47.8 Å².